The number of aliphatic imine (C=N–C) groups is 1. The molecule has 22 heavy (non-hydrogen) atoms. The van der Waals surface area contributed by atoms with Crippen LogP contribution in [-0.4, -0.2) is 18.3 Å². The zero-order valence-corrected chi connectivity index (χ0v) is 14.3. The molecule has 0 aliphatic carbocycles. The molecule has 0 spiro atoms. The van der Waals surface area contributed by atoms with Gasteiger partial charge in [-0.2, -0.15) is 0 Å². The van der Waals surface area contributed by atoms with E-state index in [1.165, 1.54) is 11.3 Å². The van der Waals surface area contributed by atoms with Gasteiger partial charge in [0.2, 0.25) is 5.13 Å². The summed E-state index contributed by atoms with van der Waals surface area (Å²) in [7, 11) is 1.66. The van der Waals surface area contributed by atoms with Crippen molar-refractivity contribution in [3.8, 4) is 17.0 Å². The Balaban J connectivity index is 1.75. The van der Waals surface area contributed by atoms with Gasteiger partial charge in [-0.1, -0.05) is 28.1 Å². The number of rotatable bonds is 4. The van der Waals surface area contributed by atoms with E-state index in [9.17, 15) is 0 Å². The first kappa shape index (κ1) is 14.9. The molecule has 1 heterocycles. The van der Waals surface area contributed by atoms with E-state index in [1.807, 2.05) is 60.1 Å². The summed E-state index contributed by atoms with van der Waals surface area (Å²) in [6.45, 7) is 0. The molecule has 110 valence electrons. The Morgan fingerprint density at radius 3 is 2.50 bits per heavy atom. The molecule has 5 heteroatoms. The van der Waals surface area contributed by atoms with Crippen LogP contribution < -0.4 is 4.74 Å². The van der Waals surface area contributed by atoms with Crippen LogP contribution in [0.15, 0.2) is 63.4 Å². The van der Waals surface area contributed by atoms with Crippen molar-refractivity contribution in [1.29, 1.82) is 0 Å². The van der Waals surface area contributed by atoms with Gasteiger partial charge in [0.15, 0.2) is 0 Å². The van der Waals surface area contributed by atoms with E-state index in [-0.39, 0.29) is 0 Å². The lowest BCUT2D eigenvalue weighted by atomic mass is 10.2. The second-order valence-corrected chi connectivity index (χ2v) is 6.31. The van der Waals surface area contributed by atoms with E-state index < -0.39 is 0 Å². The minimum atomic E-state index is 0.744. The molecular weight excluding hydrogens is 360 g/mol. The predicted molar refractivity (Wildman–Crippen MR) is 95.5 cm³/mol. The van der Waals surface area contributed by atoms with Crippen molar-refractivity contribution in [1.82, 2.24) is 4.98 Å². The highest BCUT2D eigenvalue weighted by Crippen LogP contribution is 2.27. The van der Waals surface area contributed by atoms with Gasteiger partial charge in [0.05, 0.1) is 12.8 Å². The Morgan fingerprint density at radius 1 is 1.09 bits per heavy atom. The zero-order chi connectivity index (χ0) is 15.4. The van der Waals surface area contributed by atoms with E-state index in [0.717, 1.165) is 32.2 Å². The van der Waals surface area contributed by atoms with Crippen LogP contribution in [-0.2, 0) is 0 Å². The molecule has 0 N–H and O–H groups in total. The third kappa shape index (κ3) is 3.61. The van der Waals surface area contributed by atoms with Crippen molar-refractivity contribution in [2.24, 2.45) is 4.99 Å². The fourth-order valence-corrected chi connectivity index (χ4v) is 2.83. The zero-order valence-electron chi connectivity index (χ0n) is 11.9. The highest BCUT2D eigenvalue weighted by molar-refractivity contribution is 9.10. The summed E-state index contributed by atoms with van der Waals surface area (Å²) in [5, 5.41) is 2.76. The monoisotopic (exact) mass is 372 g/mol. The topological polar surface area (TPSA) is 34.5 Å². The molecule has 3 nitrogen and oxygen atoms in total. The molecule has 1 aromatic heterocycles. The number of halogens is 1. The lowest BCUT2D eigenvalue weighted by molar-refractivity contribution is 0.415. The van der Waals surface area contributed by atoms with E-state index in [2.05, 4.69) is 25.9 Å². The Bertz CT molecular complexity index is 779. The van der Waals surface area contributed by atoms with Crippen molar-refractivity contribution >= 4 is 38.6 Å². The first-order valence-electron chi connectivity index (χ1n) is 6.64. The number of hydrogen-bond donors (Lipinski definition) is 0. The summed E-state index contributed by atoms with van der Waals surface area (Å²) in [6.07, 6.45) is 1.81. The van der Waals surface area contributed by atoms with E-state index in [4.69, 9.17) is 4.74 Å². The molecule has 0 bridgehead atoms. The molecule has 0 radical (unpaired) electrons. The normalized spacial score (nSPS) is 11.0. The van der Waals surface area contributed by atoms with Crippen LogP contribution in [0.5, 0.6) is 5.75 Å². The first-order chi connectivity index (χ1) is 10.7. The third-order valence-corrected chi connectivity index (χ3v) is 4.35. The van der Waals surface area contributed by atoms with Gasteiger partial charge in [-0.15, -0.1) is 11.3 Å². The maximum Gasteiger partial charge on any atom is 0.209 e. The number of hydrogen-bond acceptors (Lipinski definition) is 4. The standard InChI is InChI=1S/C17H13BrN2OS/c1-21-15-8-2-12(3-9-15)10-19-17-20-16(11-22-17)13-4-6-14(18)7-5-13/h2-11H,1H3/b19-10+. The molecule has 0 unspecified atom stereocenters. The summed E-state index contributed by atoms with van der Waals surface area (Å²) < 4.78 is 6.19. The molecule has 2 aromatic carbocycles. The van der Waals surface area contributed by atoms with Gasteiger partial charge in [-0.05, 0) is 42.0 Å². The van der Waals surface area contributed by atoms with Crippen LogP contribution in [0.1, 0.15) is 5.56 Å². The number of aromatic nitrogens is 1. The van der Waals surface area contributed by atoms with Gasteiger partial charge < -0.3 is 4.74 Å². The van der Waals surface area contributed by atoms with E-state index in [1.54, 1.807) is 7.11 Å². The summed E-state index contributed by atoms with van der Waals surface area (Å²) >= 11 is 4.96. The number of thiazole rings is 1. The maximum atomic E-state index is 5.13. The molecular formula is C17H13BrN2OS. The largest absolute Gasteiger partial charge is 0.497 e. The highest BCUT2D eigenvalue weighted by atomic mass is 79.9. The predicted octanol–water partition coefficient (Wildman–Crippen LogP) is 5.33. The Morgan fingerprint density at radius 2 is 1.82 bits per heavy atom. The van der Waals surface area contributed by atoms with Gasteiger partial charge in [0.25, 0.3) is 0 Å². The maximum absolute atomic E-state index is 5.13. The fraction of sp³-hybridized carbons (Fsp3) is 0.0588. The molecule has 3 rings (SSSR count). The lowest BCUT2D eigenvalue weighted by Gasteiger charge is -1.98. The molecule has 0 saturated carbocycles. The average Bonchev–Trinajstić information content (AvgIpc) is 3.03. The van der Waals surface area contributed by atoms with Crippen LogP contribution in [0.2, 0.25) is 0 Å². The third-order valence-electron chi connectivity index (χ3n) is 3.07. The minimum absolute atomic E-state index is 0.744. The number of benzene rings is 2. The number of methoxy groups -OCH3 is 1. The first-order valence-corrected chi connectivity index (χ1v) is 8.31. The Kier molecular flexibility index (Phi) is 4.65. The second kappa shape index (κ2) is 6.85. The molecule has 0 atom stereocenters. The molecule has 0 aliphatic heterocycles. The van der Waals surface area contributed by atoms with Crippen LogP contribution in [0.25, 0.3) is 11.3 Å². The van der Waals surface area contributed by atoms with Crippen molar-refractivity contribution < 1.29 is 4.74 Å². The van der Waals surface area contributed by atoms with Gasteiger partial charge in [0.1, 0.15) is 5.75 Å². The Hall–Kier alpha value is -1.98. The molecule has 0 aliphatic rings. The lowest BCUT2D eigenvalue weighted by Crippen LogP contribution is -1.84. The van der Waals surface area contributed by atoms with Gasteiger partial charge in [-0.25, -0.2) is 9.98 Å². The Labute approximate surface area is 141 Å². The highest BCUT2D eigenvalue weighted by Gasteiger charge is 2.03. The van der Waals surface area contributed by atoms with E-state index in [0.29, 0.717) is 0 Å². The molecule has 0 fully saturated rings. The van der Waals surface area contributed by atoms with Crippen LogP contribution >= 0.6 is 27.3 Å². The quantitative estimate of drug-likeness (QED) is 0.579. The fourth-order valence-electron chi connectivity index (χ4n) is 1.90. The second-order valence-electron chi connectivity index (χ2n) is 4.55. The average molecular weight is 373 g/mol. The van der Waals surface area contributed by atoms with Gasteiger partial charge in [0, 0.05) is 21.6 Å². The van der Waals surface area contributed by atoms with Crippen molar-refractivity contribution in [2.45, 2.75) is 0 Å². The van der Waals surface area contributed by atoms with Crippen molar-refractivity contribution in [3.63, 3.8) is 0 Å². The van der Waals surface area contributed by atoms with Gasteiger partial charge in [-0.3, -0.25) is 0 Å². The molecule has 0 saturated heterocycles. The SMILES string of the molecule is COc1ccc(/C=N/c2nc(-c3ccc(Br)cc3)cs2)cc1. The van der Waals surface area contributed by atoms with Crippen molar-refractivity contribution in [2.75, 3.05) is 7.11 Å². The van der Waals surface area contributed by atoms with Crippen LogP contribution in [0.3, 0.4) is 0 Å². The number of nitrogens with zero attached hydrogens (tertiary/aromatic N) is 2. The number of ether oxygens (including phenoxy) is 1. The van der Waals surface area contributed by atoms with Crippen LogP contribution in [0.4, 0.5) is 5.13 Å². The summed E-state index contributed by atoms with van der Waals surface area (Å²) in [5.74, 6) is 0.837. The molecule has 3 aromatic rings. The summed E-state index contributed by atoms with van der Waals surface area (Å²) in [5.41, 5.74) is 3.05. The summed E-state index contributed by atoms with van der Waals surface area (Å²) in [6, 6.07) is 15.8. The van der Waals surface area contributed by atoms with Crippen LogP contribution in [0, 0.1) is 0 Å². The summed E-state index contributed by atoms with van der Waals surface area (Å²) in [4.78, 5) is 8.97. The smallest absolute Gasteiger partial charge is 0.209 e. The molecule has 0 amide bonds. The van der Waals surface area contributed by atoms with E-state index >= 15 is 0 Å². The minimum Gasteiger partial charge on any atom is -0.497 e. The van der Waals surface area contributed by atoms with Crippen molar-refractivity contribution in [3.05, 3.63) is 63.9 Å². The van der Waals surface area contributed by atoms with Gasteiger partial charge >= 0.3 is 0 Å².